The molecule has 0 saturated carbocycles. The number of nitrogens with zero attached hydrogens (tertiary/aromatic N) is 1. The average Bonchev–Trinajstić information content (AvgIpc) is 2.61. The maximum absolute atomic E-state index is 13.0. The summed E-state index contributed by atoms with van der Waals surface area (Å²) in [6.45, 7) is -0.737. The molecule has 0 atom stereocenters. The minimum atomic E-state index is -3.97. The molecular weight excluding hydrogens is 479 g/mol. The first-order valence-corrected chi connectivity index (χ1v) is 10.8. The number of rotatable bonds is 8. The lowest BCUT2D eigenvalue weighted by Crippen LogP contribution is -2.41. The highest BCUT2D eigenvalue weighted by Gasteiger charge is 2.27. The van der Waals surface area contributed by atoms with Crippen LogP contribution >= 0.6 is 39.1 Å². The zero-order valence-corrected chi connectivity index (χ0v) is 17.9. The van der Waals surface area contributed by atoms with Gasteiger partial charge < -0.3 is 10.4 Å². The minimum Gasteiger partial charge on any atom is -0.395 e. The second-order valence-corrected chi connectivity index (χ2v) is 9.23. The van der Waals surface area contributed by atoms with Crippen LogP contribution < -0.4 is 5.32 Å². The summed E-state index contributed by atoms with van der Waals surface area (Å²) < 4.78 is 27.9. The van der Waals surface area contributed by atoms with Gasteiger partial charge in [-0.1, -0.05) is 45.2 Å². The molecule has 0 spiro atoms. The molecule has 0 heterocycles. The van der Waals surface area contributed by atoms with Crippen molar-refractivity contribution in [1.29, 1.82) is 0 Å². The second kappa shape index (κ2) is 9.86. The third kappa shape index (κ3) is 6.17. The van der Waals surface area contributed by atoms with Gasteiger partial charge in [-0.15, -0.1) is 0 Å². The molecule has 2 rings (SSSR count). The summed E-state index contributed by atoms with van der Waals surface area (Å²) in [4.78, 5) is 12.1. The van der Waals surface area contributed by atoms with Crippen molar-refractivity contribution in [3.8, 4) is 0 Å². The molecule has 2 aromatic carbocycles. The highest BCUT2D eigenvalue weighted by Crippen LogP contribution is 2.25. The number of amides is 1. The van der Waals surface area contributed by atoms with Crippen LogP contribution in [0.4, 0.5) is 0 Å². The van der Waals surface area contributed by atoms with E-state index in [9.17, 15) is 13.2 Å². The lowest BCUT2D eigenvalue weighted by Gasteiger charge is -2.22. The number of aliphatic hydroxyl groups is 1. The number of aliphatic hydroxyl groups excluding tert-OH is 1. The van der Waals surface area contributed by atoms with Crippen molar-refractivity contribution in [3.63, 3.8) is 0 Å². The number of carbonyl (C=O) groups excluding carboxylic acids is 1. The molecule has 27 heavy (non-hydrogen) atoms. The van der Waals surface area contributed by atoms with E-state index in [2.05, 4.69) is 21.2 Å². The Morgan fingerprint density at radius 3 is 2.41 bits per heavy atom. The van der Waals surface area contributed by atoms with Crippen molar-refractivity contribution in [2.24, 2.45) is 0 Å². The number of sulfonamides is 1. The Kier molecular flexibility index (Phi) is 8.08. The molecule has 0 radical (unpaired) electrons. The zero-order chi connectivity index (χ0) is 20.0. The molecule has 10 heteroatoms. The van der Waals surface area contributed by atoms with Crippen LogP contribution in [0.2, 0.25) is 10.0 Å². The first-order chi connectivity index (χ1) is 12.7. The van der Waals surface area contributed by atoms with E-state index >= 15 is 0 Å². The highest BCUT2D eigenvalue weighted by molar-refractivity contribution is 9.10. The first-order valence-electron chi connectivity index (χ1n) is 7.81. The Labute approximate surface area is 176 Å². The van der Waals surface area contributed by atoms with Gasteiger partial charge >= 0.3 is 0 Å². The molecule has 0 saturated heterocycles. The molecule has 1 amide bonds. The fourth-order valence-electron chi connectivity index (χ4n) is 2.23. The molecule has 0 aliphatic heterocycles. The Bertz CT molecular complexity index is 908. The summed E-state index contributed by atoms with van der Waals surface area (Å²) in [7, 11) is -3.97. The summed E-state index contributed by atoms with van der Waals surface area (Å²) >= 11 is 15.3. The number of halogens is 3. The summed E-state index contributed by atoms with van der Waals surface area (Å²) in [5, 5.41) is 12.0. The van der Waals surface area contributed by atoms with Gasteiger partial charge in [0.05, 0.1) is 18.0 Å². The van der Waals surface area contributed by atoms with Crippen LogP contribution in [0.15, 0.2) is 51.8 Å². The molecule has 2 N–H and O–H groups in total. The van der Waals surface area contributed by atoms with Crippen LogP contribution in [0.3, 0.4) is 0 Å². The Hall–Kier alpha value is -1.16. The van der Waals surface area contributed by atoms with Crippen LogP contribution in [-0.4, -0.2) is 43.4 Å². The van der Waals surface area contributed by atoms with Gasteiger partial charge in [-0.2, -0.15) is 4.31 Å². The standard InChI is InChI=1S/C17H17BrCl2N2O4S/c18-13-2-5-15(6-3-13)27(25,26)22(11-17(24)21-7-8-23)10-12-1-4-14(19)9-16(12)20/h1-6,9,23H,7-8,10-11H2,(H,21,24). The van der Waals surface area contributed by atoms with Gasteiger partial charge in [-0.25, -0.2) is 8.42 Å². The Morgan fingerprint density at radius 1 is 1.15 bits per heavy atom. The second-order valence-electron chi connectivity index (χ2n) is 5.54. The van der Waals surface area contributed by atoms with Gasteiger partial charge in [0, 0.05) is 27.6 Å². The molecule has 0 unspecified atom stereocenters. The average molecular weight is 496 g/mol. The third-order valence-corrected chi connectivity index (χ3v) is 6.49. The van der Waals surface area contributed by atoms with Gasteiger partial charge in [0.1, 0.15) is 0 Å². The van der Waals surface area contributed by atoms with Crippen molar-refractivity contribution < 1.29 is 18.3 Å². The predicted octanol–water partition coefficient (Wildman–Crippen LogP) is 3.06. The van der Waals surface area contributed by atoms with Crippen LogP contribution in [0.25, 0.3) is 0 Å². The molecule has 0 fully saturated rings. The summed E-state index contributed by atoms with van der Waals surface area (Å²) in [5.74, 6) is -0.533. The van der Waals surface area contributed by atoms with E-state index in [1.807, 2.05) is 0 Å². The van der Waals surface area contributed by atoms with Gasteiger partial charge in [0.15, 0.2) is 0 Å². The molecule has 6 nitrogen and oxygen atoms in total. The number of nitrogens with one attached hydrogen (secondary N) is 1. The van der Waals surface area contributed by atoms with Crippen molar-refractivity contribution in [2.75, 3.05) is 19.7 Å². The van der Waals surface area contributed by atoms with Crippen molar-refractivity contribution in [2.45, 2.75) is 11.4 Å². The van der Waals surface area contributed by atoms with E-state index in [1.165, 1.54) is 18.2 Å². The van der Waals surface area contributed by atoms with Crippen molar-refractivity contribution >= 4 is 55.1 Å². The van der Waals surface area contributed by atoms with E-state index in [0.717, 1.165) is 8.78 Å². The zero-order valence-electron chi connectivity index (χ0n) is 14.0. The molecule has 0 aliphatic carbocycles. The van der Waals surface area contributed by atoms with Crippen LogP contribution in [0.1, 0.15) is 5.56 Å². The summed E-state index contributed by atoms with van der Waals surface area (Å²) in [6.07, 6.45) is 0. The number of benzene rings is 2. The maximum atomic E-state index is 13.0. The highest BCUT2D eigenvalue weighted by atomic mass is 79.9. The van der Waals surface area contributed by atoms with Gasteiger partial charge in [-0.05, 0) is 42.0 Å². The van der Waals surface area contributed by atoms with Crippen molar-refractivity contribution in [1.82, 2.24) is 9.62 Å². The van der Waals surface area contributed by atoms with E-state index in [0.29, 0.717) is 15.6 Å². The largest absolute Gasteiger partial charge is 0.395 e. The summed E-state index contributed by atoms with van der Waals surface area (Å²) in [5.41, 5.74) is 0.511. The fourth-order valence-corrected chi connectivity index (χ4v) is 4.34. The molecule has 146 valence electrons. The summed E-state index contributed by atoms with van der Waals surface area (Å²) in [6, 6.07) is 10.8. The van der Waals surface area contributed by atoms with Crippen molar-refractivity contribution in [3.05, 3.63) is 62.5 Å². The quantitative estimate of drug-likeness (QED) is 0.589. The molecule has 2 aromatic rings. The van der Waals surface area contributed by atoms with E-state index < -0.39 is 22.5 Å². The Morgan fingerprint density at radius 2 is 1.81 bits per heavy atom. The number of hydrogen-bond donors (Lipinski definition) is 2. The molecular formula is C17H17BrCl2N2O4S. The molecule has 0 bridgehead atoms. The normalized spacial score (nSPS) is 11.6. The molecule has 0 aliphatic rings. The lowest BCUT2D eigenvalue weighted by atomic mass is 10.2. The van der Waals surface area contributed by atoms with E-state index in [-0.39, 0.29) is 24.6 Å². The minimum absolute atomic E-state index is 0.0344. The van der Waals surface area contributed by atoms with E-state index in [4.69, 9.17) is 28.3 Å². The Balaban J connectivity index is 2.36. The molecule has 0 aromatic heterocycles. The number of hydrogen-bond acceptors (Lipinski definition) is 4. The van der Waals surface area contributed by atoms with E-state index in [1.54, 1.807) is 24.3 Å². The third-order valence-electron chi connectivity index (χ3n) is 3.57. The van der Waals surface area contributed by atoms with Crippen LogP contribution in [0.5, 0.6) is 0 Å². The fraction of sp³-hybridized carbons (Fsp3) is 0.235. The van der Waals surface area contributed by atoms with Gasteiger partial charge in [0.25, 0.3) is 0 Å². The lowest BCUT2D eigenvalue weighted by molar-refractivity contribution is -0.121. The maximum Gasteiger partial charge on any atom is 0.243 e. The smallest absolute Gasteiger partial charge is 0.243 e. The monoisotopic (exact) mass is 494 g/mol. The van der Waals surface area contributed by atoms with Gasteiger partial charge in [0.2, 0.25) is 15.9 Å². The van der Waals surface area contributed by atoms with Crippen LogP contribution in [0, 0.1) is 0 Å². The predicted molar refractivity (Wildman–Crippen MR) is 108 cm³/mol. The SMILES string of the molecule is O=C(CN(Cc1ccc(Cl)cc1Cl)S(=O)(=O)c1ccc(Br)cc1)NCCO. The number of carbonyl (C=O) groups is 1. The van der Waals surface area contributed by atoms with Crippen LogP contribution in [-0.2, 0) is 21.4 Å². The topological polar surface area (TPSA) is 86.7 Å². The first kappa shape index (κ1) is 22.1. The van der Waals surface area contributed by atoms with Gasteiger partial charge in [-0.3, -0.25) is 4.79 Å².